The van der Waals surface area contributed by atoms with Crippen molar-refractivity contribution in [2.45, 2.75) is 6.42 Å². The van der Waals surface area contributed by atoms with Gasteiger partial charge in [-0.2, -0.15) is 0 Å². The number of aromatic nitrogens is 1. The summed E-state index contributed by atoms with van der Waals surface area (Å²) in [5.41, 5.74) is 0.469. The van der Waals surface area contributed by atoms with Gasteiger partial charge in [-0.3, -0.25) is 9.59 Å². The molecule has 1 fully saturated rings. The number of pyridine rings is 1. The molecule has 2 amide bonds. The average Bonchev–Trinajstić information content (AvgIpc) is 2.74. The van der Waals surface area contributed by atoms with Crippen LogP contribution in [0.4, 0.5) is 5.82 Å². The molecule has 142 valence electrons. The fourth-order valence-electron chi connectivity index (χ4n) is 3.09. The number of para-hydroxylation sites is 1. The molecule has 1 N–H and O–H groups in total. The lowest BCUT2D eigenvalue weighted by atomic mass is 10.2. The molecule has 1 aliphatic heterocycles. The summed E-state index contributed by atoms with van der Waals surface area (Å²) in [6, 6.07) is 12.9. The molecule has 2 heterocycles. The van der Waals surface area contributed by atoms with E-state index in [1.165, 1.54) is 7.11 Å². The maximum atomic E-state index is 12.4. The molecule has 0 bridgehead atoms. The predicted octanol–water partition coefficient (Wildman–Crippen LogP) is 1.56. The zero-order valence-corrected chi connectivity index (χ0v) is 15.4. The first kappa shape index (κ1) is 18.7. The summed E-state index contributed by atoms with van der Waals surface area (Å²) < 4.78 is 5.19. The standard InChI is InChI=1S/C20H24N4O3/c1-27-17-7-3-2-6-16(17)20(26)22-11-9-19(25)24-14-12-23(13-15-24)18-8-4-5-10-21-18/h2-8,10H,9,11-15H2,1H3,(H,22,26). The van der Waals surface area contributed by atoms with Gasteiger partial charge in [0.2, 0.25) is 5.91 Å². The van der Waals surface area contributed by atoms with Crippen LogP contribution < -0.4 is 15.0 Å². The molecule has 0 atom stereocenters. The first-order chi connectivity index (χ1) is 13.2. The molecule has 0 spiro atoms. The minimum absolute atomic E-state index is 0.0518. The van der Waals surface area contributed by atoms with E-state index in [4.69, 9.17) is 4.74 Å². The van der Waals surface area contributed by atoms with Crippen molar-refractivity contribution in [3.8, 4) is 5.75 Å². The number of hydrogen-bond acceptors (Lipinski definition) is 5. The topological polar surface area (TPSA) is 74.8 Å². The normalized spacial score (nSPS) is 14.0. The van der Waals surface area contributed by atoms with Gasteiger partial charge in [-0.15, -0.1) is 0 Å². The summed E-state index contributed by atoms with van der Waals surface area (Å²) in [5.74, 6) is 1.27. The third kappa shape index (κ3) is 4.75. The number of amides is 2. The van der Waals surface area contributed by atoms with E-state index < -0.39 is 0 Å². The lowest BCUT2D eigenvalue weighted by Gasteiger charge is -2.35. The van der Waals surface area contributed by atoms with E-state index in [9.17, 15) is 9.59 Å². The number of benzene rings is 1. The van der Waals surface area contributed by atoms with Crippen molar-refractivity contribution < 1.29 is 14.3 Å². The Morgan fingerprint density at radius 3 is 2.52 bits per heavy atom. The van der Waals surface area contributed by atoms with Crippen molar-refractivity contribution in [2.24, 2.45) is 0 Å². The van der Waals surface area contributed by atoms with Crippen LogP contribution >= 0.6 is 0 Å². The Kier molecular flexibility index (Phi) is 6.25. The molecular weight excluding hydrogens is 344 g/mol. The highest BCUT2D eigenvalue weighted by atomic mass is 16.5. The predicted molar refractivity (Wildman–Crippen MR) is 103 cm³/mol. The summed E-state index contributed by atoms with van der Waals surface area (Å²) in [4.78, 5) is 33.0. The fourth-order valence-corrected chi connectivity index (χ4v) is 3.09. The fraction of sp³-hybridized carbons (Fsp3) is 0.350. The molecule has 1 aliphatic rings. The minimum Gasteiger partial charge on any atom is -0.496 e. The maximum absolute atomic E-state index is 12.4. The smallest absolute Gasteiger partial charge is 0.255 e. The largest absolute Gasteiger partial charge is 0.496 e. The summed E-state index contributed by atoms with van der Waals surface area (Å²) in [6.07, 6.45) is 2.06. The lowest BCUT2D eigenvalue weighted by Crippen LogP contribution is -2.49. The third-order valence-corrected chi connectivity index (χ3v) is 4.58. The van der Waals surface area contributed by atoms with Gasteiger partial charge in [0, 0.05) is 45.3 Å². The highest BCUT2D eigenvalue weighted by Gasteiger charge is 2.21. The molecule has 0 saturated carbocycles. The highest BCUT2D eigenvalue weighted by Crippen LogP contribution is 2.17. The van der Waals surface area contributed by atoms with E-state index in [-0.39, 0.29) is 18.2 Å². The number of anilines is 1. The van der Waals surface area contributed by atoms with Crippen molar-refractivity contribution in [3.63, 3.8) is 0 Å². The number of carbonyl (C=O) groups excluding carboxylic acids is 2. The van der Waals surface area contributed by atoms with Gasteiger partial charge in [0.25, 0.3) is 5.91 Å². The number of methoxy groups -OCH3 is 1. The number of hydrogen-bond donors (Lipinski definition) is 1. The average molecular weight is 368 g/mol. The summed E-state index contributed by atoms with van der Waals surface area (Å²) in [5, 5.41) is 2.79. The Morgan fingerprint density at radius 2 is 1.81 bits per heavy atom. The number of nitrogens with zero attached hydrogens (tertiary/aromatic N) is 3. The van der Waals surface area contributed by atoms with Crippen LogP contribution in [0.1, 0.15) is 16.8 Å². The molecule has 1 aromatic heterocycles. The Hall–Kier alpha value is -3.09. The van der Waals surface area contributed by atoms with Crippen LogP contribution in [-0.4, -0.2) is 61.5 Å². The van der Waals surface area contributed by atoms with Gasteiger partial charge in [0.1, 0.15) is 11.6 Å². The van der Waals surface area contributed by atoms with E-state index >= 15 is 0 Å². The number of ether oxygens (including phenoxy) is 1. The van der Waals surface area contributed by atoms with Crippen LogP contribution in [0.25, 0.3) is 0 Å². The second-order valence-corrected chi connectivity index (χ2v) is 6.26. The molecule has 1 saturated heterocycles. The summed E-state index contributed by atoms with van der Waals surface area (Å²) >= 11 is 0. The molecule has 0 aliphatic carbocycles. The molecule has 0 unspecified atom stereocenters. The van der Waals surface area contributed by atoms with Crippen LogP contribution in [0, 0.1) is 0 Å². The molecule has 1 aromatic carbocycles. The Bertz CT molecular complexity index is 774. The third-order valence-electron chi connectivity index (χ3n) is 4.58. The Balaban J connectivity index is 1.43. The van der Waals surface area contributed by atoms with E-state index in [0.29, 0.717) is 30.9 Å². The molecule has 27 heavy (non-hydrogen) atoms. The van der Waals surface area contributed by atoms with Gasteiger partial charge in [0.05, 0.1) is 12.7 Å². The van der Waals surface area contributed by atoms with E-state index in [1.54, 1.807) is 24.4 Å². The Labute approximate surface area is 158 Å². The van der Waals surface area contributed by atoms with Crippen molar-refractivity contribution in [1.29, 1.82) is 0 Å². The van der Waals surface area contributed by atoms with E-state index in [1.807, 2.05) is 29.2 Å². The van der Waals surface area contributed by atoms with Gasteiger partial charge in [-0.05, 0) is 24.3 Å². The minimum atomic E-state index is -0.236. The summed E-state index contributed by atoms with van der Waals surface area (Å²) in [6.45, 7) is 3.15. The van der Waals surface area contributed by atoms with Crippen molar-refractivity contribution in [2.75, 3.05) is 44.7 Å². The van der Waals surface area contributed by atoms with Crippen LogP contribution in [-0.2, 0) is 4.79 Å². The quantitative estimate of drug-likeness (QED) is 0.838. The van der Waals surface area contributed by atoms with E-state index in [2.05, 4.69) is 15.2 Å². The van der Waals surface area contributed by atoms with Gasteiger partial charge in [0.15, 0.2) is 0 Å². The maximum Gasteiger partial charge on any atom is 0.255 e. The second kappa shape index (κ2) is 9.02. The lowest BCUT2D eigenvalue weighted by molar-refractivity contribution is -0.131. The molecule has 2 aromatic rings. The zero-order valence-electron chi connectivity index (χ0n) is 15.4. The zero-order chi connectivity index (χ0) is 19.1. The summed E-state index contributed by atoms with van der Waals surface area (Å²) in [7, 11) is 1.53. The number of nitrogens with one attached hydrogen (secondary N) is 1. The highest BCUT2D eigenvalue weighted by molar-refractivity contribution is 5.97. The van der Waals surface area contributed by atoms with Gasteiger partial charge >= 0.3 is 0 Å². The molecule has 7 heteroatoms. The molecule has 3 rings (SSSR count). The molecular formula is C20H24N4O3. The van der Waals surface area contributed by atoms with Gasteiger partial charge in [-0.25, -0.2) is 4.98 Å². The molecule has 0 radical (unpaired) electrons. The Morgan fingerprint density at radius 1 is 1.07 bits per heavy atom. The van der Waals surface area contributed by atoms with Crippen molar-refractivity contribution >= 4 is 17.6 Å². The van der Waals surface area contributed by atoms with Crippen LogP contribution in [0.2, 0.25) is 0 Å². The first-order valence-electron chi connectivity index (χ1n) is 9.04. The van der Waals surface area contributed by atoms with Crippen LogP contribution in [0.5, 0.6) is 5.75 Å². The first-order valence-corrected chi connectivity index (χ1v) is 9.04. The number of piperazine rings is 1. The number of carbonyl (C=O) groups is 2. The van der Waals surface area contributed by atoms with E-state index in [0.717, 1.165) is 18.9 Å². The van der Waals surface area contributed by atoms with Gasteiger partial charge < -0.3 is 19.9 Å². The monoisotopic (exact) mass is 368 g/mol. The SMILES string of the molecule is COc1ccccc1C(=O)NCCC(=O)N1CCN(c2ccccn2)CC1. The van der Waals surface area contributed by atoms with Gasteiger partial charge in [-0.1, -0.05) is 18.2 Å². The van der Waals surface area contributed by atoms with Crippen molar-refractivity contribution in [3.05, 3.63) is 54.2 Å². The molecule has 7 nitrogen and oxygen atoms in total. The number of rotatable bonds is 6. The van der Waals surface area contributed by atoms with Crippen molar-refractivity contribution in [1.82, 2.24) is 15.2 Å². The van der Waals surface area contributed by atoms with Crippen LogP contribution in [0.15, 0.2) is 48.7 Å². The second-order valence-electron chi connectivity index (χ2n) is 6.26. The van der Waals surface area contributed by atoms with Crippen LogP contribution in [0.3, 0.4) is 0 Å².